The zero-order valence-electron chi connectivity index (χ0n) is 10.3. The van der Waals surface area contributed by atoms with E-state index in [1.165, 1.54) is 0 Å². The minimum absolute atomic E-state index is 0.328. The second-order valence-electron chi connectivity index (χ2n) is 4.64. The van der Waals surface area contributed by atoms with Crippen LogP contribution in [-0.2, 0) is 9.53 Å². The standard InChI is InChI=1S/C12H17N3O3/c1-9-6-13-11(14-7-9)15-8-12(10(16)17)2-4-18-5-3-12/h6-7H,2-5,8H2,1H3,(H,16,17)(H,13,14,15). The summed E-state index contributed by atoms with van der Waals surface area (Å²) in [6.45, 7) is 3.21. The molecule has 1 aliphatic rings. The second-order valence-corrected chi connectivity index (χ2v) is 4.64. The number of aliphatic carboxylic acids is 1. The summed E-state index contributed by atoms with van der Waals surface area (Å²) in [7, 11) is 0. The Hall–Kier alpha value is -1.69. The van der Waals surface area contributed by atoms with E-state index in [1.54, 1.807) is 12.4 Å². The third kappa shape index (κ3) is 2.76. The molecule has 0 radical (unpaired) electrons. The lowest BCUT2D eigenvalue weighted by atomic mass is 9.80. The summed E-state index contributed by atoms with van der Waals surface area (Å²) < 4.78 is 5.22. The summed E-state index contributed by atoms with van der Waals surface area (Å²) in [5.74, 6) is -0.321. The van der Waals surface area contributed by atoms with Gasteiger partial charge in [0, 0.05) is 32.2 Å². The van der Waals surface area contributed by atoms with E-state index in [9.17, 15) is 9.90 Å². The first-order valence-corrected chi connectivity index (χ1v) is 5.96. The molecule has 1 aromatic rings. The van der Waals surface area contributed by atoms with E-state index in [4.69, 9.17) is 4.74 Å². The number of anilines is 1. The Balaban J connectivity index is 2.01. The van der Waals surface area contributed by atoms with Gasteiger partial charge in [-0.3, -0.25) is 4.79 Å². The fraction of sp³-hybridized carbons (Fsp3) is 0.583. The average Bonchev–Trinajstić information content (AvgIpc) is 2.39. The van der Waals surface area contributed by atoms with Crippen molar-refractivity contribution in [1.29, 1.82) is 0 Å². The number of carbonyl (C=O) groups is 1. The van der Waals surface area contributed by atoms with Crippen LogP contribution in [0.3, 0.4) is 0 Å². The highest BCUT2D eigenvalue weighted by atomic mass is 16.5. The normalized spacial score (nSPS) is 18.3. The number of carboxylic acids is 1. The van der Waals surface area contributed by atoms with Crippen LogP contribution in [0, 0.1) is 12.3 Å². The summed E-state index contributed by atoms with van der Waals surface area (Å²) in [6, 6.07) is 0. The highest BCUT2D eigenvalue weighted by Gasteiger charge is 2.40. The Morgan fingerprint density at radius 3 is 2.61 bits per heavy atom. The predicted octanol–water partition coefficient (Wildman–Crippen LogP) is 1.08. The van der Waals surface area contributed by atoms with E-state index in [1.807, 2.05) is 6.92 Å². The highest BCUT2D eigenvalue weighted by molar-refractivity contribution is 5.75. The molecule has 1 fully saturated rings. The number of aryl methyl sites for hydroxylation is 1. The zero-order chi connectivity index (χ0) is 13.0. The van der Waals surface area contributed by atoms with Gasteiger partial charge in [-0.2, -0.15) is 0 Å². The first kappa shape index (κ1) is 12.8. The number of carboxylic acid groups (broad SMARTS) is 1. The van der Waals surface area contributed by atoms with E-state index >= 15 is 0 Å². The molecule has 18 heavy (non-hydrogen) atoms. The van der Waals surface area contributed by atoms with Crippen LogP contribution < -0.4 is 5.32 Å². The van der Waals surface area contributed by atoms with E-state index in [2.05, 4.69) is 15.3 Å². The maximum absolute atomic E-state index is 11.4. The van der Waals surface area contributed by atoms with E-state index in [-0.39, 0.29) is 0 Å². The number of ether oxygens (including phenoxy) is 1. The molecular formula is C12H17N3O3. The molecule has 2 N–H and O–H groups in total. The van der Waals surface area contributed by atoms with Crippen LogP contribution in [0.2, 0.25) is 0 Å². The van der Waals surface area contributed by atoms with Crippen molar-refractivity contribution >= 4 is 11.9 Å². The van der Waals surface area contributed by atoms with Gasteiger partial charge in [0.25, 0.3) is 0 Å². The number of rotatable bonds is 4. The summed E-state index contributed by atoms with van der Waals surface area (Å²) in [4.78, 5) is 19.6. The molecule has 0 aromatic carbocycles. The molecule has 98 valence electrons. The lowest BCUT2D eigenvalue weighted by Gasteiger charge is -2.33. The molecule has 2 rings (SSSR count). The quantitative estimate of drug-likeness (QED) is 0.833. The van der Waals surface area contributed by atoms with Gasteiger partial charge >= 0.3 is 5.97 Å². The fourth-order valence-electron chi connectivity index (χ4n) is 1.96. The minimum atomic E-state index is -0.787. The van der Waals surface area contributed by atoms with Crippen LogP contribution in [0.1, 0.15) is 18.4 Å². The molecule has 0 bridgehead atoms. The van der Waals surface area contributed by atoms with Gasteiger partial charge in [-0.15, -0.1) is 0 Å². The number of aromatic nitrogens is 2. The van der Waals surface area contributed by atoms with E-state index < -0.39 is 11.4 Å². The molecule has 6 heteroatoms. The molecule has 2 heterocycles. The molecule has 0 saturated carbocycles. The number of nitrogens with one attached hydrogen (secondary N) is 1. The van der Waals surface area contributed by atoms with E-state index in [0.29, 0.717) is 38.5 Å². The van der Waals surface area contributed by atoms with Crippen molar-refractivity contribution in [2.24, 2.45) is 5.41 Å². The monoisotopic (exact) mass is 251 g/mol. The third-order valence-electron chi connectivity index (χ3n) is 3.27. The Bertz CT molecular complexity index is 413. The SMILES string of the molecule is Cc1cnc(NCC2(C(=O)O)CCOCC2)nc1. The maximum Gasteiger partial charge on any atom is 0.311 e. The maximum atomic E-state index is 11.4. The topological polar surface area (TPSA) is 84.3 Å². The molecule has 0 aliphatic carbocycles. The van der Waals surface area contributed by atoms with Crippen LogP contribution in [0.15, 0.2) is 12.4 Å². The van der Waals surface area contributed by atoms with Crippen molar-refractivity contribution < 1.29 is 14.6 Å². The molecule has 0 amide bonds. The van der Waals surface area contributed by atoms with Crippen LogP contribution in [0.4, 0.5) is 5.95 Å². The van der Waals surface area contributed by atoms with Crippen molar-refractivity contribution in [3.63, 3.8) is 0 Å². The van der Waals surface area contributed by atoms with Gasteiger partial charge in [0.05, 0.1) is 5.41 Å². The van der Waals surface area contributed by atoms with E-state index in [0.717, 1.165) is 5.56 Å². The van der Waals surface area contributed by atoms with Gasteiger partial charge in [0.2, 0.25) is 5.95 Å². The van der Waals surface area contributed by atoms with Gasteiger partial charge in [0.15, 0.2) is 0 Å². The van der Waals surface area contributed by atoms with Crippen molar-refractivity contribution in [3.05, 3.63) is 18.0 Å². The third-order valence-corrected chi connectivity index (χ3v) is 3.27. The molecule has 0 spiro atoms. The van der Waals surface area contributed by atoms with Crippen LogP contribution in [0.25, 0.3) is 0 Å². The van der Waals surface area contributed by atoms with Gasteiger partial charge < -0.3 is 15.2 Å². The van der Waals surface area contributed by atoms with Crippen molar-refractivity contribution in [1.82, 2.24) is 9.97 Å². The predicted molar refractivity (Wildman–Crippen MR) is 65.4 cm³/mol. The molecule has 1 aliphatic heterocycles. The highest BCUT2D eigenvalue weighted by Crippen LogP contribution is 2.30. The van der Waals surface area contributed by atoms with Crippen LogP contribution >= 0.6 is 0 Å². The van der Waals surface area contributed by atoms with Crippen molar-refractivity contribution in [2.45, 2.75) is 19.8 Å². The van der Waals surface area contributed by atoms with Gasteiger partial charge in [-0.1, -0.05) is 0 Å². The number of hydrogen-bond donors (Lipinski definition) is 2. The molecular weight excluding hydrogens is 234 g/mol. The fourth-order valence-corrected chi connectivity index (χ4v) is 1.96. The van der Waals surface area contributed by atoms with Crippen LogP contribution in [0.5, 0.6) is 0 Å². The molecule has 0 atom stereocenters. The van der Waals surface area contributed by atoms with Crippen LogP contribution in [-0.4, -0.2) is 40.8 Å². The summed E-state index contributed by atoms with van der Waals surface area (Å²) in [6.07, 6.45) is 4.43. The Morgan fingerprint density at radius 2 is 2.06 bits per heavy atom. The summed E-state index contributed by atoms with van der Waals surface area (Å²) in [5.41, 5.74) is 0.200. The summed E-state index contributed by atoms with van der Waals surface area (Å²) in [5, 5.41) is 12.4. The largest absolute Gasteiger partial charge is 0.481 e. The Morgan fingerprint density at radius 1 is 1.44 bits per heavy atom. The molecule has 1 aromatic heterocycles. The first-order valence-electron chi connectivity index (χ1n) is 5.96. The smallest absolute Gasteiger partial charge is 0.311 e. The summed E-state index contributed by atoms with van der Waals surface area (Å²) >= 11 is 0. The lowest BCUT2D eigenvalue weighted by molar-refractivity contribution is -0.153. The minimum Gasteiger partial charge on any atom is -0.481 e. The molecule has 1 saturated heterocycles. The zero-order valence-corrected chi connectivity index (χ0v) is 10.3. The number of nitrogens with zero attached hydrogens (tertiary/aromatic N) is 2. The van der Waals surface area contributed by atoms with Gasteiger partial charge in [-0.25, -0.2) is 9.97 Å². The molecule has 0 unspecified atom stereocenters. The Labute approximate surface area is 105 Å². The number of hydrogen-bond acceptors (Lipinski definition) is 5. The van der Waals surface area contributed by atoms with Crippen molar-refractivity contribution in [3.8, 4) is 0 Å². The Kier molecular flexibility index (Phi) is 3.76. The first-order chi connectivity index (χ1) is 8.62. The lowest BCUT2D eigenvalue weighted by Crippen LogP contribution is -2.42. The molecule has 6 nitrogen and oxygen atoms in total. The average molecular weight is 251 g/mol. The van der Waals surface area contributed by atoms with Gasteiger partial charge in [-0.05, 0) is 25.3 Å². The van der Waals surface area contributed by atoms with Gasteiger partial charge in [0.1, 0.15) is 0 Å². The van der Waals surface area contributed by atoms with Crippen molar-refractivity contribution in [2.75, 3.05) is 25.1 Å². The second kappa shape index (κ2) is 5.30.